The van der Waals surface area contributed by atoms with Crippen LogP contribution in [0.15, 0.2) is 96.6 Å². The van der Waals surface area contributed by atoms with Crippen LogP contribution in [0.1, 0.15) is 41.3 Å². The summed E-state index contributed by atoms with van der Waals surface area (Å²) in [5.41, 5.74) is 1.25. The molecule has 0 aliphatic carbocycles. The Morgan fingerprint density at radius 2 is 1.37 bits per heavy atom. The standard InChI is InChI=1S/C25H24O2/c1-2-18-25(27,22-16-10-5-11-17-22)23(19-20-12-6-3-7-13-20)24(26)21-14-8-4-9-15-21/h3-17,19,27H,2,18H2,1H3/b23-19+. The predicted molar refractivity (Wildman–Crippen MR) is 110 cm³/mol. The van der Waals surface area contributed by atoms with Crippen molar-refractivity contribution < 1.29 is 9.90 Å². The van der Waals surface area contributed by atoms with Crippen LogP contribution in [0.5, 0.6) is 0 Å². The molecular formula is C25H24O2. The molecule has 0 saturated carbocycles. The van der Waals surface area contributed by atoms with Gasteiger partial charge in [-0.15, -0.1) is 0 Å². The van der Waals surface area contributed by atoms with Gasteiger partial charge in [0.05, 0.1) is 0 Å². The summed E-state index contributed by atoms with van der Waals surface area (Å²) >= 11 is 0. The Bertz CT molecular complexity index is 899. The second-order valence-corrected chi connectivity index (χ2v) is 6.64. The highest BCUT2D eigenvalue weighted by Gasteiger charge is 2.37. The minimum Gasteiger partial charge on any atom is -0.380 e. The Hall–Kier alpha value is -2.97. The minimum atomic E-state index is -1.35. The highest BCUT2D eigenvalue weighted by atomic mass is 16.3. The SMILES string of the molecule is CCCC(O)(/C(=C/c1ccccc1)C(=O)c1ccccc1)c1ccccc1. The molecule has 0 saturated heterocycles. The lowest BCUT2D eigenvalue weighted by molar-refractivity contribution is 0.0585. The Balaban J connectivity index is 2.18. The first-order valence-corrected chi connectivity index (χ1v) is 9.30. The zero-order chi connectivity index (χ0) is 19.1. The van der Waals surface area contributed by atoms with Crippen LogP contribution in [0.2, 0.25) is 0 Å². The van der Waals surface area contributed by atoms with E-state index >= 15 is 0 Å². The molecule has 0 fully saturated rings. The summed E-state index contributed by atoms with van der Waals surface area (Å²) in [4.78, 5) is 13.4. The van der Waals surface area contributed by atoms with Gasteiger partial charge in [-0.1, -0.05) is 104 Å². The number of carbonyl (C=O) groups excluding carboxylic acids is 1. The third-order valence-electron chi connectivity index (χ3n) is 4.70. The number of benzene rings is 3. The van der Waals surface area contributed by atoms with Gasteiger partial charge in [-0.25, -0.2) is 0 Å². The summed E-state index contributed by atoms with van der Waals surface area (Å²) in [5, 5.41) is 11.7. The first kappa shape index (κ1) is 18.8. The van der Waals surface area contributed by atoms with E-state index in [2.05, 4.69) is 0 Å². The van der Waals surface area contributed by atoms with Crippen molar-refractivity contribution in [2.45, 2.75) is 25.4 Å². The molecule has 0 aliphatic rings. The van der Waals surface area contributed by atoms with Crippen molar-refractivity contribution in [2.24, 2.45) is 0 Å². The van der Waals surface area contributed by atoms with Crippen molar-refractivity contribution in [3.8, 4) is 0 Å². The van der Waals surface area contributed by atoms with E-state index < -0.39 is 5.60 Å². The Morgan fingerprint density at radius 1 is 0.852 bits per heavy atom. The molecule has 1 unspecified atom stereocenters. The monoisotopic (exact) mass is 356 g/mol. The second kappa shape index (κ2) is 8.61. The number of Topliss-reactive ketones (excluding diaryl/α,β-unsaturated/α-hetero) is 1. The first-order valence-electron chi connectivity index (χ1n) is 9.30. The van der Waals surface area contributed by atoms with E-state index in [-0.39, 0.29) is 5.78 Å². The number of ketones is 1. The molecule has 2 heteroatoms. The summed E-state index contributed by atoms with van der Waals surface area (Å²) in [6.07, 6.45) is 3.03. The van der Waals surface area contributed by atoms with Crippen LogP contribution in [0.3, 0.4) is 0 Å². The maximum atomic E-state index is 13.4. The molecule has 0 heterocycles. The molecule has 136 valence electrons. The van der Waals surface area contributed by atoms with Gasteiger partial charge in [0.15, 0.2) is 5.78 Å². The minimum absolute atomic E-state index is 0.153. The fourth-order valence-corrected chi connectivity index (χ4v) is 3.34. The van der Waals surface area contributed by atoms with E-state index in [4.69, 9.17) is 0 Å². The van der Waals surface area contributed by atoms with Crippen LogP contribution in [0.4, 0.5) is 0 Å². The molecule has 1 atom stereocenters. The quantitative estimate of drug-likeness (QED) is 0.439. The second-order valence-electron chi connectivity index (χ2n) is 6.64. The van der Waals surface area contributed by atoms with E-state index in [1.54, 1.807) is 12.1 Å². The molecule has 0 radical (unpaired) electrons. The molecule has 0 bridgehead atoms. The van der Waals surface area contributed by atoms with Crippen LogP contribution in [-0.2, 0) is 5.60 Å². The van der Waals surface area contributed by atoms with Crippen LogP contribution < -0.4 is 0 Å². The van der Waals surface area contributed by atoms with Gasteiger partial charge in [-0.05, 0) is 23.6 Å². The van der Waals surface area contributed by atoms with E-state index in [1.807, 2.05) is 91.9 Å². The third-order valence-corrected chi connectivity index (χ3v) is 4.70. The number of hydrogen-bond donors (Lipinski definition) is 1. The van der Waals surface area contributed by atoms with Gasteiger partial charge in [0.25, 0.3) is 0 Å². The molecule has 0 aromatic heterocycles. The van der Waals surface area contributed by atoms with Gasteiger partial charge >= 0.3 is 0 Å². The van der Waals surface area contributed by atoms with Crippen molar-refractivity contribution in [3.05, 3.63) is 113 Å². The van der Waals surface area contributed by atoms with Gasteiger partial charge in [0, 0.05) is 11.1 Å². The lowest BCUT2D eigenvalue weighted by Gasteiger charge is -2.31. The zero-order valence-electron chi connectivity index (χ0n) is 15.5. The molecule has 0 amide bonds. The van der Waals surface area contributed by atoms with E-state index in [1.165, 1.54) is 0 Å². The predicted octanol–water partition coefficient (Wildman–Crippen LogP) is 5.64. The lowest BCUT2D eigenvalue weighted by atomic mass is 9.78. The Morgan fingerprint density at radius 3 is 1.93 bits per heavy atom. The molecule has 3 rings (SSSR count). The molecule has 27 heavy (non-hydrogen) atoms. The Labute approximate surface area is 160 Å². The van der Waals surface area contributed by atoms with Crippen molar-refractivity contribution in [2.75, 3.05) is 0 Å². The molecule has 1 N–H and O–H groups in total. The molecule has 0 spiro atoms. The fourth-order valence-electron chi connectivity index (χ4n) is 3.34. The van der Waals surface area contributed by atoms with Crippen molar-refractivity contribution >= 4 is 11.9 Å². The number of hydrogen-bond acceptors (Lipinski definition) is 2. The van der Waals surface area contributed by atoms with Crippen LogP contribution in [-0.4, -0.2) is 10.9 Å². The van der Waals surface area contributed by atoms with E-state index in [0.717, 1.165) is 17.5 Å². The fraction of sp³-hybridized carbons (Fsp3) is 0.160. The van der Waals surface area contributed by atoms with Gasteiger partial charge in [-0.3, -0.25) is 4.79 Å². The van der Waals surface area contributed by atoms with E-state index in [9.17, 15) is 9.90 Å². The normalized spacial score (nSPS) is 13.8. The summed E-state index contributed by atoms with van der Waals surface area (Å²) < 4.78 is 0. The third kappa shape index (κ3) is 4.24. The maximum Gasteiger partial charge on any atom is 0.192 e. The number of aliphatic hydroxyl groups is 1. The zero-order valence-corrected chi connectivity index (χ0v) is 15.5. The van der Waals surface area contributed by atoms with Crippen LogP contribution in [0.25, 0.3) is 6.08 Å². The first-order chi connectivity index (χ1) is 13.1. The molecule has 2 nitrogen and oxygen atoms in total. The summed E-state index contributed by atoms with van der Waals surface area (Å²) in [5.74, 6) is -0.153. The maximum absolute atomic E-state index is 13.4. The Kier molecular flexibility index (Phi) is 6.00. The number of rotatable bonds is 7. The largest absolute Gasteiger partial charge is 0.380 e. The van der Waals surface area contributed by atoms with Crippen molar-refractivity contribution in [1.29, 1.82) is 0 Å². The summed E-state index contributed by atoms with van der Waals surface area (Å²) in [6, 6.07) is 28.3. The molecule has 3 aromatic carbocycles. The van der Waals surface area contributed by atoms with Gasteiger partial charge in [0.1, 0.15) is 5.60 Å². The van der Waals surface area contributed by atoms with Gasteiger partial charge in [0.2, 0.25) is 0 Å². The van der Waals surface area contributed by atoms with E-state index in [0.29, 0.717) is 17.6 Å². The van der Waals surface area contributed by atoms with Gasteiger partial charge in [-0.2, -0.15) is 0 Å². The van der Waals surface area contributed by atoms with Crippen molar-refractivity contribution in [1.82, 2.24) is 0 Å². The van der Waals surface area contributed by atoms with Crippen LogP contribution in [0, 0.1) is 0 Å². The smallest absolute Gasteiger partial charge is 0.192 e. The number of carbonyl (C=O) groups is 1. The molecule has 0 aliphatic heterocycles. The van der Waals surface area contributed by atoms with Crippen molar-refractivity contribution in [3.63, 3.8) is 0 Å². The average Bonchev–Trinajstić information content (AvgIpc) is 2.73. The molecular weight excluding hydrogens is 332 g/mol. The molecule has 3 aromatic rings. The average molecular weight is 356 g/mol. The lowest BCUT2D eigenvalue weighted by Crippen LogP contribution is -2.32. The highest BCUT2D eigenvalue weighted by Crippen LogP contribution is 2.37. The van der Waals surface area contributed by atoms with Gasteiger partial charge < -0.3 is 5.11 Å². The summed E-state index contributed by atoms with van der Waals surface area (Å²) in [6.45, 7) is 2.01. The van der Waals surface area contributed by atoms with Crippen LogP contribution >= 0.6 is 0 Å². The highest BCUT2D eigenvalue weighted by molar-refractivity contribution is 6.12. The summed E-state index contributed by atoms with van der Waals surface area (Å²) in [7, 11) is 0. The topological polar surface area (TPSA) is 37.3 Å².